The first-order valence-electron chi connectivity index (χ1n) is 3.68. The third-order valence-corrected chi connectivity index (χ3v) is 1.97. The summed E-state index contributed by atoms with van der Waals surface area (Å²) >= 11 is 0. The lowest BCUT2D eigenvalue weighted by molar-refractivity contribution is -0.143. The van der Waals surface area contributed by atoms with Gasteiger partial charge in [-0.2, -0.15) is 8.42 Å². The van der Waals surface area contributed by atoms with E-state index in [1.54, 1.807) is 6.92 Å². The van der Waals surface area contributed by atoms with Crippen molar-refractivity contribution in [1.82, 2.24) is 0 Å². The van der Waals surface area contributed by atoms with Gasteiger partial charge in [-0.1, -0.05) is 0 Å². The smallest absolute Gasteiger partial charge is 0.307 e. The molecule has 0 aromatic heterocycles. The number of carbonyl (C=O) groups is 1. The van der Waals surface area contributed by atoms with Crippen molar-refractivity contribution >= 4 is 16.2 Å². The molecule has 0 saturated heterocycles. The molecule has 7 heteroatoms. The van der Waals surface area contributed by atoms with Crippen LogP contribution in [-0.2, 0) is 19.8 Å². The van der Waals surface area contributed by atoms with E-state index >= 15 is 0 Å². The summed E-state index contributed by atoms with van der Waals surface area (Å²) in [6.07, 6.45) is -0.295. The van der Waals surface area contributed by atoms with E-state index in [0.29, 0.717) is 0 Å². The average molecular weight is 213 g/mol. The molecule has 0 saturated carbocycles. The highest BCUT2D eigenvalue weighted by molar-refractivity contribution is 7.86. The van der Waals surface area contributed by atoms with E-state index in [9.17, 15) is 17.1 Å². The van der Waals surface area contributed by atoms with Gasteiger partial charge in [-0.25, -0.2) is 0 Å². The zero-order valence-corrected chi connectivity index (χ0v) is 8.01. The lowest BCUT2D eigenvalue weighted by Gasteiger charge is -2.07. The molecule has 78 valence electrons. The van der Waals surface area contributed by atoms with E-state index in [1.807, 2.05) is 0 Å². The number of hydrogen-bond acceptors (Lipinski definition) is 5. The van der Waals surface area contributed by atoms with Gasteiger partial charge >= 0.3 is 16.2 Å². The van der Waals surface area contributed by atoms with Crippen LogP contribution in [0.15, 0.2) is 0 Å². The fourth-order valence-electron chi connectivity index (χ4n) is 0.749. The van der Waals surface area contributed by atoms with Crippen LogP contribution in [0.3, 0.4) is 0 Å². The number of ether oxygens (including phenoxy) is 1. The summed E-state index contributed by atoms with van der Waals surface area (Å²) in [6.45, 7) is 1.79. The van der Waals surface area contributed by atoms with Crippen LogP contribution in [0.1, 0.15) is 13.3 Å². The van der Waals surface area contributed by atoms with E-state index in [1.165, 1.54) is 0 Å². The van der Waals surface area contributed by atoms with Gasteiger partial charge in [-0.05, 0) is 6.92 Å². The third kappa shape index (κ3) is 7.66. The SMILES string of the molecule is CCOC(=O)CC(N)CS(=O)(=O)F. The standard InChI is InChI=1S/C6H12FNO4S/c1-2-12-6(9)3-5(8)4-13(7,10)11/h5H,2-4,8H2,1H3. The van der Waals surface area contributed by atoms with Gasteiger partial charge in [0.15, 0.2) is 0 Å². The molecule has 0 aliphatic heterocycles. The van der Waals surface area contributed by atoms with E-state index in [4.69, 9.17) is 5.73 Å². The molecule has 0 fully saturated rings. The Morgan fingerprint density at radius 3 is 2.54 bits per heavy atom. The number of esters is 1. The predicted octanol–water partition coefficient (Wildman–Crippen LogP) is -0.434. The minimum atomic E-state index is -4.62. The fraction of sp³-hybridized carbons (Fsp3) is 0.833. The Morgan fingerprint density at radius 2 is 2.15 bits per heavy atom. The normalized spacial score (nSPS) is 13.8. The minimum Gasteiger partial charge on any atom is -0.466 e. The molecule has 0 rings (SSSR count). The maximum atomic E-state index is 12.0. The van der Waals surface area contributed by atoms with E-state index < -0.39 is 28.0 Å². The lowest BCUT2D eigenvalue weighted by Crippen LogP contribution is -2.31. The Morgan fingerprint density at radius 1 is 1.62 bits per heavy atom. The van der Waals surface area contributed by atoms with Gasteiger partial charge in [0.05, 0.1) is 18.8 Å². The molecule has 0 aliphatic rings. The van der Waals surface area contributed by atoms with Gasteiger partial charge in [0.1, 0.15) is 0 Å². The Kier molecular flexibility index (Phi) is 4.86. The zero-order valence-electron chi connectivity index (χ0n) is 7.20. The van der Waals surface area contributed by atoms with Gasteiger partial charge in [-0.3, -0.25) is 4.79 Å². The van der Waals surface area contributed by atoms with Crippen LogP contribution in [0.4, 0.5) is 3.89 Å². The van der Waals surface area contributed by atoms with Crippen LogP contribution >= 0.6 is 0 Å². The maximum Gasteiger partial charge on any atom is 0.307 e. The van der Waals surface area contributed by atoms with Crippen LogP contribution in [0.5, 0.6) is 0 Å². The molecular formula is C6H12FNO4S. The van der Waals surface area contributed by atoms with Crippen molar-refractivity contribution in [1.29, 1.82) is 0 Å². The second kappa shape index (κ2) is 5.13. The number of nitrogens with two attached hydrogens (primary N) is 1. The molecular weight excluding hydrogens is 201 g/mol. The van der Waals surface area contributed by atoms with Gasteiger partial charge < -0.3 is 10.5 Å². The summed E-state index contributed by atoms with van der Waals surface area (Å²) in [5, 5.41) is 0. The number of carbonyl (C=O) groups excluding carboxylic acids is 1. The summed E-state index contributed by atoms with van der Waals surface area (Å²) < 4.78 is 36.7. The molecule has 0 amide bonds. The molecule has 2 N–H and O–H groups in total. The summed E-state index contributed by atoms with van der Waals surface area (Å²) in [4.78, 5) is 10.7. The predicted molar refractivity (Wildman–Crippen MR) is 44.1 cm³/mol. The molecule has 0 aromatic carbocycles. The highest BCUT2D eigenvalue weighted by Crippen LogP contribution is 1.99. The molecule has 1 atom stereocenters. The fourth-order valence-corrected chi connectivity index (χ4v) is 1.38. The first kappa shape index (κ1) is 12.3. The van der Waals surface area contributed by atoms with Crippen molar-refractivity contribution in [2.24, 2.45) is 5.73 Å². The first-order valence-corrected chi connectivity index (χ1v) is 5.24. The highest BCUT2D eigenvalue weighted by atomic mass is 32.3. The summed E-state index contributed by atoms with van der Waals surface area (Å²) in [5.41, 5.74) is 5.17. The van der Waals surface area contributed by atoms with Crippen molar-refractivity contribution in [3.05, 3.63) is 0 Å². The highest BCUT2D eigenvalue weighted by Gasteiger charge is 2.17. The number of halogens is 1. The molecule has 0 heterocycles. The van der Waals surface area contributed by atoms with Crippen molar-refractivity contribution in [2.45, 2.75) is 19.4 Å². The van der Waals surface area contributed by atoms with Crippen molar-refractivity contribution in [3.63, 3.8) is 0 Å². The molecule has 0 bridgehead atoms. The maximum absolute atomic E-state index is 12.0. The van der Waals surface area contributed by atoms with E-state index in [-0.39, 0.29) is 13.0 Å². The van der Waals surface area contributed by atoms with Gasteiger partial charge in [-0.15, -0.1) is 3.89 Å². The van der Waals surface area contributed by atoms with Crippen LogP contribution in [-0.4, -0.2) is 32.8 Å². The van der Waals surface area contributed by atoms with Gasteiger partial charge in [0.2, 0.25) is 0 Å². The Hall–Kier alpha value is -0.690. The Labute approximate surface area is 76.3 Å². The molecule has 0 aliphatic carbocycles. The summed E-state index contributed by atoms with van der Waals surface area (Å²) in [7, 11) is -4.62. The average Bonchev–Trinajstić information content (AvgIpc) is 1.81. The molecule has 0 radical (unpaired) electrons. The van der Waals surface area contributed by atoms with E-state index in [2.05, 4.69) is 4.74 Å². The van der Waals surface area contributed by atoms with Gasteiger partial charge in [0, 0.05) is 6.04 Å². The monoisotopic (exact) mass is 213 g/mol. The first-order chi connectivity index (χ1) is 5.85. The number of rotatable bonds is 5. The van der Waals surface area contributed by atoms with Crippen LogP contribution in [0, 0.1) is 0 Å². The quantitative estimate of drug-likeness (QED) is 0.494. The van der Waals surface area contributed by atoms with Crippen LogP contribution < -0.4 is 5.73 Å². The summed E-state index contributed by atoms with van der Waals surface area (Å²) in [6, 6.07) is -1.05. The van der Waals surface area contributed by atoms with Crippen molar-refractivity contribution in [3.8, 4) is 0 Å². The molecule has 5 nitrogen and oxygen atoms in total. The van der Waals surface area contributed by atoms with E-state index in [0.717, 1.165) is 0 Å². The third-order valence-electron chi connectivity index (χ3n) is 1.15. The van der Waals surface area contributed by atoms with Crippen molar-refractivity contribution < 1.29 is 21.8 Å². The Balaban J connectivity index is 3.88. The molecule has 0 aromatic rings. The topological polar surface area (TPSA) is 86.5 Å². The largest absolute Gasteiger partial charge is 0.466 e. The lowest BCUT2D eigenvalue weighted by atomic mass is 10.2. The Bertz CT molecular complexity index is 264. The summed E-state index contributed by atoms with van der Waals surface area (Å²) in [5.74, 6) is -1.48. The van der Waals surface area contributed by atoms with Crippen LogP contribution in [0.2, 0.25) is 0 Å². The second-order valence-corrected chi connectivity index (χ2v) is 3.89. The second-order valence-electron chi connectivity index (χ2n) is 2.47. The van der Waals surface area contributed by atoms with Crippen molar-refractivity contribution in [2.75, 3.05) is 12.4 Å². The molecule has 0 spiro atoms. The van der Waals surface area contributed by atoms with Crippen LogP contribution in [0.25, 0.3) is 0 Å². The van der Waals surface area contributed by atoms with Gasteiger partial charge in [0.25, 0.3) is 0 Å². The molecule has 13 heavy (non-hydrogen) atoms. The minimum absolute atomic E-state index is 0.188. The zero-order chi connectivity index (χ0) is 10.5. The number of hydrogen-bond donors (Lipinski definition) is 1. The molecule has 1 unspecified atom stereocenters.